The number of nitrogens with zero attached hydrogens (tertiary/aromatic N) is 1. The number of rotatable bonds is 5. The summed E-state index contributed by atoms with van der Waals surface area (Å²) in [5.41, 5.74) is -0.0540. The number of carboxylic acid groups (broad SMARTS) is 1. The Kier molecular flexibility index (Phi) is 5.26. The molecule has 0 aromatic rings. The number of hydrogen-bond donors (Lipinski definition) is 1. The third-order valence-electron chi connectivity index (χ3n) is 5.33. The van der Waals surface area contributed by atoms with Crippen molar-refractivity contribution in [1.29, 1.82) is 0 Å². The second kappa shape index (κ2) is 6.74. The predicted octanol–water partition coefficient (Wildman–Crippen LogP) is 3.68. The van der Waals surface area contributed by atoms with Crippen molar-refractivity contribution < 1.29 is 9.90 Å². The lowest BCUT2D eigenvalue weighted by atomic mass is 9.77. The fourth-order valence-corrected chi connectivity index (χ4v) is 4.14. The largest absolute Gasteiger partial charge is 0.481 e. The average molecular weight is 267 g/mol. The fraction of sp³-hybridized carbons (Fsp3) is 0.938. The van der Waals surface area contributed by atoms with Crippen LogP contribution in [0.4, 0.5) is 0 Å². The van der Waals surface area contributed by atoms with Crippen LogP contribution in [0, 0.1) is 5.92 Å². The summed E-state index contributed by atoms with van der Waals surface area (Å²) in [6.45, 7) is 1.10. The molecule has 19 heavy (non-hydrogen) atoms. The van der Waals surface area contributed by atoms with Gasteiger partial charge in [-0.05, 0) is 38.6 Å². The second-order valence-corrected chi connectivity index (χ2v) is 6.74. The van der Waals surface area contributed by atoms with E-state index in [4.69, 9.17) is 0 Å². The van der Waals surface area contributed by atoms with Crippen molar-refractivity contribution in [2.24, 2.45) is 5.92 Å². The molecule has 0 aromatic heterocycles. The molecule has 0 heterocycles. The summed E-state index contributed by atoms with van der Waals surface area (Å²) in [7, 11) is 2.17. The van der Waals surface area contributed by atoms with Crippen LogP contribution < -0.4 is 0 Å². The van der Waals surface area contributed by atoms with E-state index in [0.717, 1.165) is 25.3 Å². The Balaban J connectivity index is 1.97. The summed E-state index contributed by atoms with van der Waals surface area (Å²) in [5, 5.41) is 9.26. The Hall–Kier alpha value is -0.570. The van der Waals surface area contributed by atoms with Crippen LogP contribution in [0.1, 0.15) is 70.6 Å². The number of hydrogen-bond acceptors (Lipinski definition) is 2. The van der Waals surface area contributed by atoms with Gasteiger partial charge in [0.05, 0.1) is 6.42 Å². The monoisotopic (exact) mass is 267 g/mol. The highest BCUT2D eigenvalue weighted by Crippen LogP contribution is 2.37. The second-order valence-electron chi connectivity index (χ2n) is 6.74. The molecule has 0 saturated heterocycles. The van der Waals surface area contributed by atoms with E-state index in [9.17, 15) is 9.90 Å². The van der Waals surface area contributed by atoms with Gasteiger partial charge in [-0.25, -0.2) is 0 Å². The Morgan fingerprint density at radius 2 is 1.68 bits per heavy atom. The molecule has 2 aliphatic rings. The minimum Gasteiger partial charge on any atom is -0.481 e. The van der Waals surface area contributed by atoms with Crippen molar-refractivity contribution in [2.45, 2.75) is 76.2 Å². The SMILES string of the molecule is CN(CC1CCCCC1)C1(CC(=O)O)CCCCC1. The van der Waals surface area contributed by atoms with Crippen LogP contribution in [0.5, 0.6) is 0 Å². The third-order valence-corrected chi connectivity index (χ3v) is 5.33. The molecule has 0 spiro atoms. The maximum absolute atomic E-state index is 11.2. The van der Waals surface area contributed by atoms with Crippen LogP contribution in [-0.2, 0) is 4.79 Å². The molecular formula is C16H29NO2. The average Bonchev–Trinajstić information content (AvgIpc) is 2.40. The van der Waals surface area contributed by atoms with Gasteiger partial charge in [-0.15, -0.1) is 0 Å². The molecule has 0 amide bonds. The molecule has 2 fully saturated rings. The summed E-state index contributed by atoms with van der Waals surface area (Å²) >= 11 is 0. The maximum atomic E-state index is 11.2. The maximum Gasteiger partial charge on any atom is 0.305 e. The summed E-state index contributed by atoms with van der Waals surface area (Å²) in [6.07, 6.45) is 12.9. The zero-order chi connectivity index (χ0) is 13.7. The van der Waals surface area contributed by atoms with Gasteiger partial charge in [0.15, 0.2) is 0 Å². The van der Waals surface area contributed by atoms with E-state index in [2.05, 4.69) is 11.9 Å². The summed E-state index contributed by atoms with van der Waals surface area (Å²) in [5.74, 6) is 0.170. The lowest BCUT2D eigenvalue weighted by molar-refractivity contribution is -0.141. The summed E-state index contributed by atoms with van der Waals surface area (Å²) in [4.78, 5) is 13.7. The molecular weight excluding hydrogens is 238 g/mol. The van der Waals surface area contributed by atoms with Gasteiger partial charge in [0, 0.05) is 12.1 Å². The van der Waals surface area contributed by atoms with E-state index >= 15 is 0 Å². The van der Waals surface area contributed by atoms with Gasteiger partial charge in [0.2, 0.25) is 0 Å². The molecule has 0 unspecified atom stereocenters. The Bertz CT molecular complexity index is 291. The van der Waals surface area contributed by atoms with E-state index in [1.807, 2.05) is 0 Å². The molecule has 1 N–H and O–H groups in total. The first-order chi connectivity index (χ1) is 9.12. The van der Waals surface area contributed by atoms with E-state index in [0.29, 0.717) is 6.42 Å². The lowest BCUT2D eigenvalue weighted by Gasteiger charge is -2.45. The van der Waals surface area contributed by atoms with Crippen molar-refractivity contribution >= 4 is 5.97 Å². The van der Waals surface area contributed by atoms with E-state index in [1.165, 1.54) is 51.4 Å². The molecule has 0 aliphatic heterocycles. The van der Waals surface area contributed by atoms with Crippen LogP contribution >= 0.6 is 0 Å². The molecule has 0 bridgehead atoms. The van der Waals surface area contributed by atoms with Crippen molar-refractivity contribution in [2.75, 3.05) is 13.6 Å². The van der Waals surface area contributed by atoms with Crippen LogP contribution in [0.15, 0.2) is 0 Å². The molecule has 2 rings (SSSR count). The lowest BCUT2D eigenvalue weighted by Crippen LogP contribution is -2.51. The summed E-state index contributed by atoms with van der Waals surface area (Å²) in [6, 6.07) is 0. The Morgan fingerprint density at radius 3 is 2.26 bits per heavy atom. The molecule has 0 radical (unpaired) electrons. The third kappa shape index (κ3) is 3.95. The molecule has 3 nitrogen and oxygen atoms in total. The Labute approximate surface area is 117 Å². The zero-order valence-corrected chi connectivity index (χ0v) is 12.4. The van der Waals surface area contributed by atoms with Crippen LogP contribution in [0.3, 0.4) is 0 Å². The van der Waals surface area contributed by atoms with E-state index in [1.54, 1.807) is 0 Å². The first kappa shape index (κ1) is 14.8. The first-order valence-electron chi connectivity index (χ1n) is 8.05. The standard InChI is InChI=1S/C16H29NO2/c1-17(13-14-8-4-2-5-9-14)16(12-15(18)19)10-6-3-7-11-16/h14H,2-13H2,1H3,(H,18,19). The van der Waals surface area contributed by atoms with Gasteiger partial charge < -0.3 is 5.11 Å². The topological polar surface area (TPSA) is 40.5 Å². The van der Waals surface area contributed by atoms with Crippen molar-refractivity contribution in [1.82, 2.24) is 4.90 Å². The summed E-state index contributed by atoms with van der Waals surface area (Å²) < 4.78 is 0. The highest BCUT2D eigenvalue weighted by Gasteiger charge is 2.38. The van der Waals surface area contributed by atoms with Gasteiger partial charge in [0.25, 0.3) is 0 Å². The Morgan fingerprint density at radius 1 is 1.11 bits per heavy atom. The highest BCUT2D eigenvalue weighted by atomic mass is 16.4. The van der Waals surface area contributed by atoms with E-state index < -0.39 is 5.97 Å². The van der Waals surface area contributed by atoms with Crippen LogP contribution in [0.25, 0.3) is 0 Å². The quantitative estimate of drug-likeness (QED) is 0.826. The van der Waals surface area contributed by atoms with Crippen molar-refractivity contribution in [3.63, 3.8) is 0 Å². The van der Waals surface area contributed by atoms with Gasteiger partial charge in [-0.2, -0.15) is 0 Å². The fourth-order valence-electron chi connectivity index (χ4n) is 4.14. The molecule has 110 valence electrons. The number of carbonyl (C=O) groups is 1. The number of carboxylic acids is 1. The van der Waals surface area contributed by atoms with Crippen LogP contribution in [-0.4, -0.2) is 35.1 Å². The van der Waals surface area contributed by atoms with Crippen LogP contribution in [0.2, 0.25) is 0 Å². The normalized spacial score (nSPS) is 24.5. The minimum absolute atomic E-state index is 0.0540. The van der Waals surface area contributed by atoms with Gasteiger partial charge in [-0.3, -0.25) is 9.69 Å². The number of aliphatic carboxylic acids is 1. The molecule has 2 aliphatic carbocycles. The predicted molar refractivity (Wildman–Crippen MR) is 77.3 cm³/mol. The van der Waals surface area contributed by atoms with Crippen molar-refractivity contribution in [3.8, 4) is 0 Å². The molecule has 0 atom stereocenters. The molecule has 2 saturated carbocycles. The molecule has 0 aromatic carbocycles. The van der Waals surface area contributed by atoms with Gasteiger partial charge >= 0.3 is 5.97 Å². The smallest absolute Gasteiger partial charge is 0.305 e. The molecule has 3 heteroatoms. The first-order valence-corrected chi connectivity index (χ1v) is 8.05. The van der Waals surface area contributed by atoms with E-state index in [-0.39, 0.29) is 5.54 Å². The highest BCUT2D eigenvalue weighted by molar-refractivity contribution is 5.68. The van der Waals surface area contributed by atoms with Gasteiger partial charge in [-0.1, -0.05) is 38.5 Å². The minimum atomic E-state index is -0.627. The van der Waals surface area contributed by atoms with Crippen molar-refractivity contribution in [3.05, 3.63) is 0 Å². The van der Waals surface area contributed by atoms with Gasteiger partial charge in [0.1, 0.15) is 0 Å². The zero-order valence-electron chi connectivity index (χ0n) is 12.4.